The molecule has 9 rings (SSSR count). The maximum absolute atomic E-state index is 2.38. The number of benzene rings is 7. The Morgan fingerprint density at radius 3 is 1.80 bits per heavy atom. The molecule has 0 radical (unpaired) electrons. The van der Waals surface area contributed by atoms with Crippen LogP contribution in [0.3, 0.4) is 0 Å². The summed E-state index contributed by atoms with van der Waals surface area (Å²) >= 11 is 0.387. The van der Waals surface area contributed by atoms with E-state index in [-0.39, 0.29) is 0 Å². The van der Waals surface area contributed by atoms with Gasteiger partial charge in [0.05, 0.1) is 5.52 Å². The van der Waals surface area contributed by atoms with E-state index in [1.807, 2.05) is 0 Å². The zero-order chi connectivity index (χ0) is 29.7. The molecular weight excluding hydrogens is 611 g/mol. The standard InChI is InChI=1S/C42H28N2Se/c1-3-11-31(12-4-1)43(33-22-19-29(20-23-33)30-21-26-42-38(27-30)37-16-8-10-18-41(37)45-42)34-24-25-36-35-15-7-9-17-39(35)44(40(36)28-34)32-13-5-2-6-14-32/h1-28H. The second-order valence-electron chi connectivity index (χ2n) is 11.4. The number of fused-ring (bicyclic) bond motifs is 6. The van der Waals surface area contributed by atoms with Crippen LogP contribution in [0.15, 0.2) is 170 Å². The van der Waals surface area contributed by atoms with Crippen molar-refractivity contribution in [3.63, 3.8) is 0 Å². The fraction of sp³-hybridized carbons (Fsp3) is 0. The van der Waals surface area contributed by atoms with Crippen molar-refractivity contribution in [1.29, 1.82) is 0 Å². The Hall–Kier alpha value is -5.34. The van der Waals surface area contributed by atoms with Crippen LogP contribution in [0.5, 0.6) is 0 Å². The number of para-hydroxylation sites is 3. The molecule has 9 aromatic rings. The van der Waals surface area contributed by atoms with Crippen LogP contribution >= 0.6 is 0 Å². The molecule has 0 aliphatic heterocycles. The Bertz CT molecular complexity index is 2470. The van der Waals surface area contributed by atoms with E-state index in [1.54, 1.807) is 0 Å². The predicted octanol–water partition coefficient (Wildman–Crippen LogP) is 11.3. The van der Waals surface area contributed by atoms with Gasteiger partial charge in [-0.1, -0.05) is 42.5 Å². The van der Waals surface area contributed by atoms with Gasteiger partial charge < -0.3 is 4.57 Å². The minimum absolute atomic E-state index is 0.387. The molecule has 0 bridgehead atoms. The van der Waals surface area contributed by atoms with E-state index in [1.165, 1.54) is 52.2 Å². The third-order valence-corrected chi connectivity index (χ3v) is 11.2. The van der Waals surface area contributed by atoms with Crippen molar-refractivity contribution < 1.29 is 0 Å². The normalized spacial score (nSPS) is 11.6. The molecule has 0 aliphatic carbocycles. The van der Waals surface area contributed by atoms with Gasteiger partial charge in [-0.3, -0.25) is 0 Å². The first-order chi connectivity index (χ1) is 22.3. The number of nitrogens with zero attached hydrogens (tertiary/aromatic N) is 2. The second-order valence-corrected chi connectivity index (χ2v) is 13.7. The first-order valence-electron chi connectivity index (χ1n) is 15.3. The van der Waals surface area contributed by atoms with Crippen molar-refractivity contribution in [3.8, 4) is 16.8 Å². The second kappa shape index (κ2) is 10.7. The third kappa shape index (κ3) is 4.40. The number of aromatic nitrogens is 1. The van der Waals surface area contributed by atoms with Gasteiger partial charge in [0, 0.05) is 16.5 Å². The van der Waals surface area contributed by atoms with Gasteiger partial charge in [-0.2, -0.15) is 0 Å². The number of hydrogen-bond donors (Lipinski definition) is 0. The van der Waals surface area contributed by atoms with Crippen LogP contribution in [-0.2, 0) is 0 Å². The van der Waals surface area contributed by atoms with Gasteiger partial charge in [-0.25, -0.2) is 0 Å². The Morgan fingerprint density at radius 1 is 0.378 bits per heavy atom. The third-order valence-electron chi connectivity index (χ3n) is 8.78. The van der Waals surface area contributed by atoms with Crippen LogP contribution in [0.4, 0.5) is 17.1 Å². The summed E-state index contributed by atoms with van der Waals surface area (Å²) in [5, 5.41) is 5.29. The number of anilines is 3. The van der Waals surface area contributed by atoms with Gasteiger partial charge in [-0.05, 0) is 18.2 Å². The molecule has 45 heavy (non-hydrogen) atoms. The average Bonchev–Trinajstić information content (AvgIpc) is 3.65. The predicted molar refractivity (Wildman–Crippen MR) is 193 cm³/mol. The van der Waals surface area contributed by atoms with Crippen LogP contribution < -0.4 is 4.90 Å². The molecule has 2 nitrogen and oxygen atoms in total. The zero-order valence-corrected chi connectivity index (χ0v) is 26.2. The molecule has 0 aliphatic rings. The number of rotatable bonds is 5. The average molecular weight is 640 g/mol. The van der Waals surface area contributed by atoms with E-state index >= 15 is 0 Å². The molecule has 0 saturated carbocycles. The zero-order valence-electron chi connectivity index (χ0n) is 24.5. The van der Waals surface area contributed by atoms with Gasteiger partial charge in [0.1, 0.15) is 0 Å². The molecule has 0 amide bonds. The maximum atomic E-state index is 2.38. The molecule has 0 fully saturated rings. The van der Waals surface area contributed by atoms with Gasteiger partial charge in [0.15, 0.2) is 0 Å². The van der Waals surface area contributed by atoms with Crippen molar-refractivity contribution in [2.75, 3.05) is 4.90 Å². The van der Waals surface area contributed by atoms with Gasteiger partial charge in [0.2, 0.25) is 0 Å². The first kappa shape index (κ1) is 26.1. The first-order valence-corrected chi connectivity index (χ1v) is 17.0. The van der Waals surface area contributed by atoms with Crippen molar-refractivity contribution in [1.82, 2.24) is 4.57 Å². The molecule has 7 aromatic carbocycles. The van der Waals surface area contributed by atoms with Crippen molar-refractivity contribution in [3.05, 3.63) is 170 Å². The van der Waals surface area contributed by atoms with Crippen molar-refractivity contribution >= 4 is 72.7 Å². The van der Waals surface area contributed by atoms with E-state index < -0.39 is 0 Å². The summed E-state index contributed by atoms with van der Waals surface area (Å²) in [5.41, 5.74) is 9.43. The van der Waals surface area contributed by atoms with E-state index in [0.717, 1.165) is 22.7 Å². The fourth-order valence-electron chi connectivity index (χ4n) is 6.69. The summed E-state index contributed by atoms with van der Waals surface area (Å²) in [7, 11) is 0. The van der Waals surface area contributed by atoms with Crippen LogP contribution in [-0.4, -0.2) is 19.1 Å². The van der Waals surface area contributed by atoms with Crippen LogP contribution in [0.25, 0.3) is 57.9 Å². The molecule has 0 spiro atoms. The Balaban J connectivity index is 1.18. The van der Waals surface area contributed by atoms with Crippen LogP contribution in [0.2, 0.25) is 0 Å². The summed E-state index contributed by atoms with van der Waals surface area (Å²) in [6, 6.07) is 61.8. The van der Waals surface area contributed by atoms with E-state index in [0.29, 0.717) is 14.5 Å². The Kier molecular flexibility index (Phi) is 6.19. The Labute approximate surface area is 267 Å². The molecular formula is C42H28N2Se. The van der Waals surface area contributed by atoms with E-state index in [4.69, 9.17) is 0 Å². The summed E-state index contributed by atoms with van der Waals surface area (Å²) < 4.78 is 5.34. The van der Waals surface area contributed by atoms with Gasteiger partial charge in [-0.15, -0.1) is 0 Å². The van der Waals surface area contributed by atoms with Crippen molar-refractivity contribution in [2.24, 2.45) is 0 Å². The van der Waals surface area contributed by atoms with Crippen LogP contribution in [0.1, 0.15) is 0 Å². The monoisotopic (exact) mass is 640 g/mol. The van der Waals surface area contributed by atoms with Crippen molar-refractivity contribution in [2.45, 2.75) is 0 Å². The topological polar surface area (TPSA) is 8.17 Å². The van der Waals surface area contributed by atoms with Gasteiger partial charge in [0.25, 0.3) is 0 Å². The molecule has 0 N–H and O–H groups in total. The molecule has 212 valence electrons. The molecule has 0 atom stereocenters. The summed E-state index contributed by atoms with van der Waals surface area (Å²) in [6.07, 6.45) is 0. The fourth-order valence-corrected chi connectivity index (χ4v) is 8.97. The van der Waals surface area contributed by atoms with Gasteiger partial charge >= 0.3 is 182 Å². The molecule has 0 unspecified atom stereocenters. The summed E-state index contributed by atoms with van der Waals surface area (Å²) in [4.78, 5) is 2.36. The molecule has 3 heteroatoms. The Morgan fingerprint density at radius 2 is 0.978 bits per heavy atom. The molecule has 2 heterocycles. The molecule has 0 saturated heterocycles. The minimum atomic E-state index is 0.387. The molecule has 2 aromatic heterocycles. The summed E-state index contributed by atoms with van der Waals surface area (Å²) in [6.45, 7) is 0. The van der Waals surface area contributed by atoms with Crippen LogP contribution in [0, 0.1) is 0 Å². The SMILES string of the molecule is c1ccc(N(c2ccc(-c3ccc4[se]c5ccccc5c4c3)cc2)c2ccc3c4ccccc4n(-c4ccccc4)c3c2)cc1. The summed E-state index contributed by atoms with van der Waals surface area (Å²) in [5.74, 6) is 0. The quantitative estimate of drug-likeness (QED) is 0.170. The number of hydrogen-bond acceptors (Lipinski definition) is 1. The van der Waals surface area contributed by atoms with E-state index in [2.05, 4.69) is 179 Å². The van der Waals surface area contributed by atoms with E-state index in [9.17, 15) is 0 Å².